The Morgan fingerprint density at radius 1 is 1.28 bits per heavy atom. The first-order valence-electron chi connectivity index (χ1n) is 6.16. The molecule has 0 amide bonds. The molecule has 0 aliphatic heterocycles. The number of rotatable bonds is 4. The summed E-state index contributed by atoms with van der Waals surface area (Å²) in [4.78, 5) is 0. The van der Waals surface area contributed by atoms with Gasteiger partial charge in [-0.1, -0.05) is 20.8 Å². The predicted octanol–water partition coefficient (Wildman–Crippen LogP) is 3.94. The Balaban J connectivity index is 2.63. The second-order valence-electron chi connectivity index (χ2n) is 4.61. The smallest absolute Gasteiger partial charge is 0.201 e. The molecule has 0 radical (unpaired) electrons. The van der Waals surface area contributed by atoms with Crippen LogP contribution in [0.3, 0.4) is 0 Å². The van der Waals surface area contributed by atoms with Crippen LogP contribution in [0.15, 0.2) is 16.5 Å². The van der Waals surface area contributed by atoms with Gasteiger partial charge < -0.3 is 9.73 Å². The zero-order chi connectivity index (χ0) is 13.3. The van der Waals surface area contributed by atoms with E-state index in [1.165, 1.54) is 0 Å². The number of furan rings is 1. The van der Waals surface area contributed by atoms with Crippen LogP contribution in [0, 0.1) is 11.6 Å². The molecule has 0 saturated heterocycles. The van der Waals surface area contributed by atoms with Crippen molar-refractivity contribution in [1.82, 2.24) is 5.32 Å². The third kappa shape index (κ3) is 2.12. The van der Waals surface area contributed by atoms with Gasteiger partial charge in [-0.15, -0.1) is 0 Å². The first-order chi connectivity index (χ1) is 8.56. The summed E-state index contributed by atoms with van der Waals surface area (Å²) in [5, 5.41) is 3.81. The summed E-state index contributed by atoms with van der Waals surface area (Å²) < 4.78 is 32.4. The summed E-state index contributed by atoms with van der Waals surface area (Å²) in [7, 11) is 0. The van der Waals surface area contributed by atoms with Crippen LogP contribution in [0.1, 0.15) is 38.0 Å². The number of nitrogens with one attached hydrogen (secondary N) is 1. The number of hydrogen-bond acceptors (Lipinski definition) is 2. The number of benzene rings is 1. The van der Waals surface area contributed by atoms with Gasteiger partial charge in [0.1, 0.15) is 5.76 Å². The maximum absolute atomic E-state index is 13.7. The van der Waals surface area contributed by atoms with Crippen LogP contribution in [0.2, 0.25) is 0 Å². The maximum atomic E-state index is 13.7. The van der Waals surface area contributed by atoms with E-state index in [0.717, 1.165) is 18.2 Å². The molecule has 0 bridgehead atoms. The summed E-state index contributed by atoms with van der Waals surface area (Å²) in [6.07, 6.45) is 0. The van der Waals surface area contributed by atoms with Crippen molar-refractivity contribution in [1.29, 1.82) is 0 Å². The highest BCUT2D eigenvalue weighted by molar-refractivity contribution is 5.83. The van der Waals surface area contributed by atoms with Gasteiger partial charge in [-0.05, 0) is 24.6 Å². The van der Waals surface area contributed by atoms with Crippen LogP contribution >= 0.6 is 0 Å². The van der Waals surface area contributed by atoms with Gasteiger partial charge in [-0.25, -0.2) is 4.39 Å². The highest BCUT2D eigenvalue weighted by Crippen LogP contribution is 2.33. The largest absolute Gasteiger partial charge is 0.456 e. The molecule has 0 spiro atoms. The quantitative estimate of drug-likeness (QED) is 0.892. The van der Waals surface area contributed by atoms with Crippen LogP contribution in [-0.2, 0) is 6.54 Å². The van der Waals surface area contributed by atoms with Crippen molar-refractivity contribution in [3.63, 3.8) is 0 Å². The molecule has 0 atom stereocenters. The minimum Gasteiger partial charge on any atom is -0.456 e. The molecule has 0 unspecified atom stereocenters. The van der Waals surface area contributed by atoms with Gasteiger partial charge in [-0.2, -0.15) is 4.39 Å². The Morgan fingerprint density at radius 2 is 2.00 bits per heavy atom. The van der Waals surface area contributed by atoms with Gasteiger partial charge in [0.05, 0.1) is 6.54 Å². The highest BCUT2D eigenvalue weighted by Gasteiger charge is 2.20. The fourth-order valence-electron chi connectivity index (χ4n) is 2.18. The van der Waals surface area contributed by atoms with Gasteiger partial charge in [0, 0.05) is 10.9 Å². The Bertz CT molecular complexity index is 560. The van der Waals surface area contributed by atoms with Crippen LogP contribution in [0.4, 0.5) is 8.78 Å². The molecule has 1 N–H and O–H groups in total. The molecular formula is C14H17F2NO. The summed E-state index contributed by atoms with van der Waals surface area (Å²) in [5.74, 6) is -0.894. The van der Waals surface area contributed by atoms with E-state index in [2.05, 4.69) is 5.32 Å². The molecule has 2 aromatic rings. The van der Waals surface area contributed by atoms with E-state index in [4.69, 9.17) is 4.42 Å². The minimum atomic E-state index is -0.905. The molecule has 0 aliphatic rings. The maximum Gasteiger partial charge on any atom is 0.201 e. The molecule has 4 heteroatoms. The molecule has 1 aromatic heterocycles. The lowest BCUT2D eigenvalue weighted by atomic mass is 9.99. The average molecular weight is 253 g/mol. The monoisotopic (exact) mass is 253 g/mol. The Hall–Kier alpha value is -1.42. The van der Waals surface area contributed by atoms with Crippen molar-refractivity contribution in [3.05, 3.63) is 35.1 Å². The lowest BCUT2D eigenvalue weighted by molar-refractivity contribution is 0.467. The summed E-state index contributed by atoms with van der Waals surface area (Å²) in [6.45, 7) is 7.34. The van der Waals surface area contributed by atoms with E-state index in [1.54, 1.807) is 6.07 Å². The van der Waals surface area contributed by atoms with E-state index in [-0.39, 0.29) is 11.5 Å². The van der Waals surface area contributed by atoms with Gasteiger partial charge >= 0.3 is 0 Å². The molecule has 18 heavy (non-hydrogen) atoms. The second-order valence-corrected chi connectivity index (χ2v) is 4.61. The zero-order valence-electron chi connectivity index (χ0n) is 10.8. The van der Waals surface area contributed by atoms with Crippen LogP contribution in [0.5, 0.6) is 0 Å². The van der Waals surface area contributed by atoms with E-state index >= 15 is 0 Å². The minimum absolute atomic E-state index is 0.0200. The first-order valence-corrected chi connectivity index (χ1v) is 6.16. The van der Waals surface area contributed by atoms with E-state index in [1.807, 2.05) is 20.8 Å². The standard InChI is InChI=1S/C14H17F2NO/c1-4-17-7-11-12(8(2)3)9-5-6-10(15)13(16)14(9)18-11/h5-6,8,17H,4,7H2,1-3H3. The van der Waals surface area contributed by atoms with Crippen LogP contribution in [-0.4, -0.2) is 6.54 Å². The highest BCUT2D eigenvalue weighted by atomic mass is 19.2. The summed E-state index contributed by atoms with van der Waals surface area (Å²) >= 11 is 0. The lowest BCUT2D eigenvalue weighted by Crippen LogP contribution is -2.12. The fraction of sp³-hybridized carbons (Fsp3) is 0.429. The van der Waals surface area contributed by atoms with E-state index in [0.29, 0.717) is 17.7 Å². The first kappa shape index (κ1) is 13.0. The summed E-state index contributed by atoms with van der Waals surface area (Å²) in [6, 6.07) is 2.73. The van der Waals surface area contributed by atoms with Crippen molar-refractivity contribution in [2.45, 2.75) is 33.2 Å². The third-order valence-corrected chi connectivity index (χ3v) is 2.98. The fourth-order valence-corrected chi connectivity index (χ4v) is 2.18. The molecule has 2 nitrogen and oxygen atoms in total. The number of halogens is 2. The summed E-state index contributed by atoms with van der Waals surface area (Å²) in [5.41, 5.74) is 0.969. The van der Waals surface area contributed by atoms with Gasteiger partial charge in [0.15, 0.2) is 11.4 Å². The van der Waals surface area contributed by atoms with Crippen molar-refractivity contribution < 1.29 is 13.2 Å². The molecule has 98 valence electrons. The normalized spacial score (nSPS) is 11.7. The van der Waals surface area contributed by atoms with Crippen molar-refractivity contribution in [2.75, 3.05) is 6.54 Å². The third-order valence-electron chi connectivity index (χ3n) is 2.98. The van der Waals surface area contributed by atoms with E-state index in [9.17, 15) is 8.78 Å². The van der Waals surface area contributed by atoms with Crippen LogP contribution < -0.4 is 5.32 Å². The number of fused-ring (bicyclic) bond motifs is 1. The topological polar surface area (TPSA) is 25.2 Å². The molecule has 1 heterocycles. The lowest BCUT2D eigenvalue weighted by Gasteiger charge is -2.06. The van der Waals surface area contributed by atoms with Crippen molar-refractivity contribution in [2.24, 2.45) is 0 Å². The van der Waals surface area contributed by atoms with Crippen molar-refractivity contribution in [3.8, 4) is 0 Å². The SMILES string of the molecule is CCNCc1oc2c(F)c(F)ccc2c1C(C)C. The van der Waals surface area contributed by atoms with Gasteiger partial charge in [-0.3, -0.25) is 0 Å². The number of hydrogen-bond donors (Lipinski definition) is 1. The Labute approximate surface area is 105 Å². The second kappa shape index (κ2) is 5.06. The Morgan fingerprint density at radius 3 is 2.61 bits per heavy atom. The molecular weight excluding hydrogens is 236 g/mol. The average Bonchev–Trinajstić information content (AvgIpc) is 2.70. The molecule has 0 fully saturated rings. The van der Waals surface area contributed by atoms with Crippen LogP contribution in [0.25, 0.3) is 11.0 Å². The molecule has 0 saturated carbocycles. The zero-order valence-corrected chi connectivity index (χ0v) is 10.8. The van der Waals surface area contributed by atoms with Crippen molar-refractivity contribution >= 4 is 11.0 Å². The van der Waals surface area contributed by atoms with Gasteiger partial charge in [0.25, 0.3) is 0 Å². The molecule has 1 aromatic carbocycles. The predicted molar refractivity (Wildman–Crippen MR) is 67.6 cm³/mol. The van der Waals surface area contributed by atoms with E-state index < -0.39 is 11.6 Å². The molecule has 2 rings (SSSR count). The van der Waals surface area contributed by atoms with Gasteiger partial charge in [0.2, 0.25) is 5.82 Å². The Kier molecular flexibility index (Phi) is 3.66. The molecule has 0 aliphatic carbocycles.